The van der Waals surface area contributed by atoms with Gasteiger partial charge in [-0.25, -0.2) is 8.42 Å². The minimum atomic E-state index is -4.79. The van der Waals surface area contributed by atoms with E-state index >= 15 is 0 Å². The fourth-order valence-corrected chi connectivity index (χ4v) is 7.09. The van der Waals surface area contributed by atoms with Crippen molar-refractivity contribution in [3.8, 4) is 11.3 Å². The lowest BCUT2D eigenvalue weighted by molar-refractivity contribution is -0.138. The molecule has 2 fully saturated rings. The number of fused-ring (bicyclic) bond motifs is 1. The van der Waals surface area contributed by atoms with Crippen molar-refractivity contribution in [3.05, 3.63) is 40.6 Å². The Balaban J connectivity index is 1.38. The molecule has 1 unspecified atom stereocenters. The summed E-state index contributed by atoms with van der Waals surface area (Å²) in [5.41, 5.74) is 5.00. The lowest BCUT2D eigenvalue weighted by Crippen LogP contribution is -2.47. The van der Waals surface area contributed by atoms with E-state index in [0.717, 1.165) is 57.3 Å². The molecular weight excluding hydrogens is 577 g/mol. The van der Waals surface area contributed by atoms with Gasteiger partial charge in [-0.15, -0.1) is 0 Å². The van der Waals surface area contributed by atoms with Crippen molar-refractivity contribution in [1.82, 2.24) is 23.9 Å². The smallest absolute Gasteiger partial charge is 0.390 e. The highest BCUT2D eigenvalue weighted by atomic mass is 32.2. The minimum absolute atomic E-state index is 0.0464. The highest BCUT2D eigenvalue weighted by Gasteiger charge is 2.36. The number of benzene rings is 1. The number of nitrogens with two attached hydrogens (primary N) is 1. The molecular formula is C27H35F3N6O5S. The molecule has 5 rings (SSSR count). The maximum atomic E-state index is 13.5. The van der Waals surface area contributed by atoms with E-state index in [1.807, 2.05) is 4.90 Å². The first kappa shape index (κ1) is 30.4. The summed E-state index contributed by atoms with van der Waals surface area (Å²) in [6, 6.07) is 3.21. The van der Waals surface area contributed by atoms with Crippen LogP contribution in [0.4, 0.5) is 13.2 Å². The number of sulfonamides is 1. The Bertz CT molecular complexity index is 1470. The Labute approximate surface area is 242 Å². The Hall–Kier alpha value is -3.01. The van der Waals surface area contributed by atoms with Crippen molar-refractivity contribution < 1.29 is 36.3 Å². The molecule has 1 atom stereocenters. The van der Waals surface area contributed by atoms with E-state index in [2.05, 4.69) is 10.00 Å². The number of carbonyl (C=O) groups is 2. The number of rotatable bonds is 8. The van der Waals surface area contributed by atoms with Gasteiger partial charge in [-0.05, 0) is 31.4 Å². The van der Waals surface area contributed by atoms with Crippen LogP contribution in [0, 0.1) is 0 Å². The first-order valence-corrected chi connectivity index (χ1v) is 15.8. The molecule has 1 aromatic heterocycles. The zero-order valence-corrected chi connectivity index (χ0v) is 24.1. The molecule has 2 saturated heterocycles. The molecule has 15 heteroatoms. The first-order valence-electron chi connectivity index (χ1n) is 14.0. The van der Waals surface area contributed by atoms with Gasteiger partial charge >= 0.3 is 6.18 Å². The molecule has 0 aliphatic carbocycles. The lowest BCUT2D eigenvalue weighted by Gasteiger charge is -2.37. The first-order chi connectivity index (χ1) is 19.7. The standard InChI is InChI=1S/C27H35F3N6O5S/c1-42(40,41)34-12-8-23-21(16-34)25(17-4-5-22(27(28,29)30)20(13-17)26(31)39)32-36(23)15-19(37)14-33-10-6-18(7-11-33)35-9-2-3-24(35)38/h4-5,13,18-19,37H,2-3,6-12,14-16H2,1H3,(H2,31,39). The van der Waals surface area contributed by atoms with Crippen LogP contribution >= 0.6 is 0 Å². The van der Waals surface area contributed by atoms with Crippen LogP contribution in [0.3, 0.4) is 0 Å². The number of hydrogen-bond acceptors (Lipinski definition) is 7. The Morgan fingerprint density at radius 3 is 2.45 bits per heavy atom. The zero-order valence-electron chi connectivity index (χ0n) is 23.3. The number of nitrogens with zero attached hydrogens (tertiary/aromatic N) is 5. The molecule has 3 aliphatic heterocycles. The van der Waals surface area contributed by atoms with Crippen LogP contribution in [0.5, 0.6) is 0 Å². The predicted molar refractivity (Wildman–Crippen MR) is 147 cm³/mol. The number of aliphatic hydroxyl groups excluding tert-OH is 1. The second-order valence-electron chi connectivity index (χ2n) is 11.3. The molecule has 3 N–H and O–H groups in total. The van der Waals surface area contributed by atoms with Crippen LogP contribution in [-0.2, 0) is 40.5 Å². The van der Waals surface area contributed by atoms with Gasteiger partial charge in [-0.3, -0.25) is 14.3 Å². The Kier molecular flexibility index (Phi) is 8.40. The molecule has 3 aliphatic rings. The molecule has 230 valence electrons. The predicted octanol–water partition coefficient (Wildman–Crippen LogP) is 1.43. The normalized spacial score (nSPS) is 20.2. The molecule has 2 aromatic rings. The van der Waals surface area contributed by atoms with Crippen LogP contribution in [0.25, 0.3) is 11.3 Å². The fraction of sp³-hybridized carbons (Fsp3) is 0.593. The van der Waals surface area contributed by atoms with Gasteiger partial charge in [0.1, 0.15) is 0 Å². The van der Waals surface area contributed by atoms with Gasteiger partial charge in [0.05, 0.1) is 35.7 Å². The largest absolute Gasteiger partial charge is 0.417 e. The van der Waals surface area contributed by atoms with Gasteiger partial charge in [-0.2, -0.15) is 22.6 Å². The van der Waals surface area contributed by atoms with Crippen LogP contribution in [0.15, 0.2) is 18.2 Å². The van der Waals surface area contributed by atoms with E-state index in [9.17, 15) is 36.3 Å². The summed E-state index contributed by atoms with van der Waals surface area (Å²) in [5, 5.41) is 15.6. The Morgan fingerprint density at radius 1 is 1.14 bits per heavy atom. The van der Waals surface area contributed by atoms with Gasteiger partial charge < -0.3 is 20.6 Å². The Morgan fingerprint density at radius 2 is 1.86 bits per heavy atom. The second kappa shape index (κ2) is 11.6. The summed E-state index contributed by atoms with van der Waals surface area (Å²) >= 11 is 0. The second-order valence-corrected chi connectivity index (χ2v) is 13.3. The summed E-state index contributed by atoms with van der Waals surface area (Å²) in [5.74, 6) is -1.04. The van der Waals surface area contributed by atoms with Gasteiger partial charge in [0, 0.05) is 75.0 Å². The van der Waals surface area contributed by atoms with Crippen molar-refractivity contribution >= 4 is 21.8 Å². The fourth-order valence-electron chi connectivity index (χ4n) is 6.30. The highest BCUT2D eigenvalue weighted by Crippen LogP contribution is 2.36. The number of likely N-dealkylation sites (tertiary alicyclic amines) is 2. The van der Waals surface area contributed by atoms with Crippen LogP contribution in [-0.4, -0.2) is 100 Å². The van der Waals surface area contributed by atoms with E-state index in [-0.39, 0.29) is 42.8 Å². The monoisotopic (exact) mass is 612 g/mol. The van der Waals surface area contributed by atoms with Crippen molar-refractivity contribution in [1.29, 1.82) is 0 Å². The topological polar surface area (TPSA) is 142 Å². The number of β-amino-alcohol motifs (C(OH)–C–C–N with tert-alkyl or cyclic N) is 1. The average molecular weight is 613 g/mol. The van der Waals surface area contributed by atoms with Crippen molar-refractivity contribution in [2.24, 2.45) is 5.73 Å². The number of amides is 2. The molecule has 11 nitrogen and oxygen atoms in total. The molecule has 0 radical (unpaired) electrons. The summed E-state index contributed by atoms with van der Waals surface area (Å²) in [4.78, 5) is 28.1. The molecule has 1 aromatic carbocycles. The maximum absolute atomic E-state index is 13.5. The minimum Gasteiger partial charge on any atom is -0.390 e. The van der Waals surface area contributed by atoms with Gasteiger partial charge in [0.2, 0.25) is 21.8 Å². The summed E-state index contributed by atoms with van der Waals surface area (Å²) < 4.78 is 68.0. The number of primary amides is 1. The molecule has 0 spiro atoms. The van der Waals surface area contributed by atoms with E-state index < -0.39 is 39.3 Å². The lowest BCUT2D eigenvalue weighted by atomic mass is 9.97. The SMILES string of the molecule is CS(=O)(=O)N1CCc2c(c(-c3ccc(C(F)(F)F)c(C(N)=O)c3)nn2CC(O)CN2CCC(N3CCCC3=O)CC2)C1. The van der Waals surface area contributed by atoms with Crippen LogP contribution < -0.4 is 5.73 Å². The van der Waals surface area contributed by atoms with E-state index in [1.54, 1.807) is 4.68 Å². The quantitative estimate of drug-likeness (QED) is 0.460. The van der Waals surface area contributed by atoms with Crippen LogP contribution in [0.2, 0.25) is 0 Å². The highest BCUT2D eigenvalue weighted by molar-refractivity contribution is 7.88. The molecule has 42 heavy (non-hydrogen) atoms. The molecule has 0 saturated carbocycles. The van der Waals surface area contributed by atoms with E-state index in [1.165, 1.54) is 10.4 Å². The number of halogens is 3. The zero-order chi connectivity index (χ0) is 30.4. The molecule has 2 amide bonds. The van der Waals surface area contributed by atoms with E-state index in [0.29, 0.717) is 30.6 Å². The third-order valence-electron chi connectivity index (χ3n) is 8.39. The van der Waals surface area contributed by atoms with Crippen molar-refractivity contribution in [2.45, 2.75) is 63.5 Å². The summed E-state index contributed by atoms with van der Waals surface area (Å²) in [6.45, 7) is 2.87. The van der Waals surface area contributed by atoms with Crippen molar-refractivity contribution in [3.63, 3.8) is 0 Å². The summed E-state index contributed by atoms with van der Waals surface area (Å²) in [7, 11) is -3.57. The third-order valence-corrected chi connectivity index (χ3v) is 9.64. The number of aliphatic hydroxyl groups is 1. The third kappa shape index (κ3) is 6.33. The maximum Gasteiger partial charge on any atom is 0.417 e. The number of carbonyl (C=O) groups excluding carboxylic acids is 2. The summed E-state index contributed by atoms with van der Waals surface area (Å²) in [6.07, 6.45) is -1.09. The number of piperidine rings is 1. The van der Waals surface area contributed by atoms with Gasteiger partial charge in [0.25, 0.3) is 0 Å². The van der Waals surface area contributed by atoms with Gasteiger partial charge in [0.15, 0.2) is 0 Å². The van der Waals surface area contributed by atoms with E-state index in [4.69, 9.17) is 5.73 Å². The van der Waals surface area contributed by atoms with Crippen molar-refractivity contribution in [2.75, 3.05) is 39.0 Å². The molecule has 0 bridgehead atoms. The number of aromatic nitrogens is 2. The molecule has 4 heterocycles. The average Bonchev–Trinajstić information content (AvgIpc) is 3.51. The number of hydrogen-bond donors (Lipinski definition) is 2. The van der Waals surface area contributed by atoms with Crippen LogP contribution in [0.1, 0.15) is 52.9 Å². The van der Waals surface area contributed by atoms with Gasteiger partial charge in [-0.1, -0.05) is 6.07 Å². The number of alkyl halides is 3.